The van der Waals surface area contributed by atoms with Crippen LogP contribution in [-0.4, -0.2) is 39.5 Å². The summed E-state index contributed by atoms with van der Waals surface area (Å²) in [5.74, 6) is -0.284. The summed E-state index contributed by atoms with van der Waals surface area (Å²) in [6.07, 6.45) is 6.32. The quantitative estimate of drug-likeness (QED) is 0.510. The van der Waals surface area contributed by atoms with E-state index in [-0.39, 0.29) is 10.8 Å². The predicted octanol–water partition coefficient (Wildman–Crippen LogP) is 3.45. The van der Waals surface area contributed by atoms with E-state index in [1.165, 1.54) is 0 Å². The Morgan fingerprint density at radius 3 is 2.43 bits per heavy atom. The van der Waals surface area contributed by atoms with Gasteiger partial charge in [0.1, 0.15) is 5.52 Å². The highest BCUT2D eigenvalue weighted by atomic mass is 32.2. The van der Waals surface area contributed by atoms with Gasteiger partial charge in [0.25, 0.3) is 5.91 Å². The lowest BCUT2D eigenvalue weighted by Gasteiger charge is -2.08. The third-order valence-corrected chi connectivity index (χ3v) is 6.84. The van der Waals surface area contributed by atoms with Gasteiger partial charge in [-0.25, -0.2) is 18.4 Å². The third-order valence-electron chi connectivity index (χ3n) is 4.67. The molecule has 3 heterocycles. The van der Waals surface area contributed by atoms with Crippen LogP contribution in [0.1, 0.15) is 24.2 Å². The first-order valence-electron chi connectivity index (χ1n) is 9.26. The van der Waals surface area contributed by atoms with Gasteiger partial charge in [-0.3, -0.25) is 9.78 Å². The highest BCUT2D eigenvalue weighted by molar-refractivity contribution is 7.92. The fourth-order valence-electron chi connectivity index (χ4n) is 2.91. The number of carbonyl (C=O) groups is 1. The van der Waals surface area contributed by atoms with Crippen molar-refractivity contribution in [1.82, 2.24) is 19.9 Å². The Balaban J connectivity index is 1.65. The van der Waals surface area contributed by atoms with Crippen molar-refractivity contribution in [2.75, 3.05) is 5.32 Å². The number of pyridine rings is 1. The van der Waals surface area contributed by atoms with E-state index in [0.29, 0.717) is 28.1 Å². The number of benzene rings is 1. The Bertz CT molecular complexity index is 1310. The van der Waals surface area contributed by atoms with Crippen LogP contribution in [-0.2, 0) is 9.84 Å². The van der Waals surface area contributed by atoms with Gasteiger partial charge in [-0.2, -0.15) is 0 Å². The summed E-state index contributed by atoms with van der Waals surface area (Å²) in [5, 5.41) is 2.33. The molecule has 1 aromatic carbocycles. The zero-order chi connectivity index (χ0) is 21.3. The molecule has 0 atom stereocenters. The number of carbonyl (C=O) groups excluding carboxylic acids is 1. The SMILES string of the molecule is CC(C)S(=O)(=O)c1ccc(-c2cnc3[nH]cc(NC(=O)c4ccncc4)c3n2)cc1. The minimum Gasteiger partial charge on any atom is -0.343 e. The number of hydrogen-bond donors (Lipinski definition) is 2. The van der Waals surface area contributed by atoms with Crippen LogP contribution in [0.15, 0.2) is 66.1 Å². The standard InChI is InChI=1S/C21H19N5O3S/c1-13(2)30(28,29)16-5-3-14(4-6-16)17-11-23-20-19(25-17)18(12-24-20)26-21(27)15-7-9-22-10-8-15/h3-13H,1-2H3,(H,23,24)(H,26,27). The summed E-state index contributed by atoms with van der Waals surface area (Å²) in [4.78, 5) is 28.6. The van der Waals surface area contributed by atoms with Gasteiger partial charge in [0.15, 0.2) is 15.5 Å². The number of anilines is 1. The molecule has 4 rings (SSSR count). The zero-order valence-corrected chi connectivity index (χ0v) is 17.1. The zero-order valence-electron chi connectivity index (χ0n) is 16.3. The maximum atomic E-state index is 12.4. The van der Waals surface area contributed by atoms with Crippen LogP contribution in [0, 0.1) is 0 Å². The normalized spacial score (nSPS) is 11.7. The molecule has 152 valence electrons. The van der Waals surface area contributed by atoms with E-state index < -0.39 is 15.1 Å². The van der Waals surface area contributed by atoms with E-state index in [1.807, 2.05) is 0 Å². The van der Waals surface area contributed by atoms with Crippen LogP contribution >= 0.6 is 0 Å². The number of H-pyrrole nitrogens is 1. The lowest BCUT2D eigenvalue weighted by molar-refractivity contribution is 0.102. The van der Waals surface area contributed by atoms with E-state index in [2.05, 4.69) is 25.3 Å². The molecular weight excluding hydrogens is 402 g/mol. The molecule has 8 nitrogen and oxygen atoms in total. The summed E-state index contributed by atoms with van der Waals surface area (Å²) in [6, 6.07) is 9.78. The summed E-state index contributed by atoms with van der Waals surface area (Å²) in [7, 11) is -3.34. The van der Waals surface area contributed by atoms with Gasteiger partial charge in [-0.05, 0) is 38.1 Å². The average Bonchev–Trinajstić information content (AvgIpc) is 3.16. The van der Waals surface area contributed by atoms with E-state index in [9.17, 15) is 13.2 Å². The molecule has 0 saturated carbocycles. The fraction of sp³-hybridized carbons (Fsp3) is 0.143. The maximum absolute atomic E-state index is 12.4. The molecule has 3 aromatic heterocycles. The number of rotatable bonds is 5. The second-order valence-corrected chi connectivity index (χ2v) is 9.47. The van der Waals surface area contributed by atoms with Crippen molar-refractivity contribution in [3.63, 3.8) is 0 Å². The molecule has 0 radical (unpaired) electrons. The maximum Gasteiger partial charge on any atom is 0.255 e. The third kappa shape index (κ3) is 3.67. The van der Waals surface area contributed by atoms with Crippen molar-refractivity contribution in [3.8, 4) is 11.3 Å². The lowest BCUT2D eigenvalue weighted by Crippen LogP contribution is -2.13. The van der Waals surface area contributed by atoms with Gasteiger partial charge in [-0.1, -0.05) is 12.1 Å². The molecule has 30 heavy (non-hydrogen) atoms. The van der Waals surface area contributed by atoms with Gasteiger partial charge < -0.3 is 10.3 Å². The van der Waals surface area contributed by atoms with E-state index in [1.54, 1.807) is 75.0 Å². The smallest absolute Gasteiger partial charge is 0.255 e. The van der Waals surface area contributed by atoms with Crippen molar-refractivity contribution in [2.45, 2.75) is 24.0 Å². The van der Waals surface area contributed by atoms with Gasteiger partial charge in [0.2, 0.25) is 0 Å². The molecule has 1 amide bonds. The molecule has 9 heteroatoms. The first-order valence-corrected chi connectivity index (χ1v) is 10.8. The second-order valence-electron chi connectivity index (χ2n) is 6.96. The molecule has 0 unspecified atom stereocenters. The molecule has 0 fully saturated rings. The Labute approximate surface area is 173 Å². The number of nitrogens with zero attached hydrogens (tertiary/aromatic N) is 3. The number of aromatic amines is 1. The molecule has 0 aliphatic heterocycles. The molecule has 0 aliphatic rings. The highest BCUT2D eigenvalue weighted by Crippen LogP contribution is 2.26. The number of hydrogen-bond acceptors (Lipinski definition) is 6. The second kappa shape index (κ2) is 7.68. The van der Waals surface area contributed by atoms with Gasteiger partial charge >= 0.3 is 0 Å². The summed E-state index contributed by atoms with van der Waals surface area (Å²) >= 11 is 0. The molecule has 0 saturated heterocycles. The van der Waals surface area contributed by atoms with Crippen molar-refractivity contribution < 1.29 is 13.2 Å². The van der Waals surface area contributed by atoms with Crippen molar-refractivity contribution in [1.29, 1.82) is 0 Å². The minimum absolute atomic E-state index is 0.266. The van der Waals surface area contributed by atoms with E-state index in [4.69, 9.17) is 0 Å². The van der Waals surface area contributed by atoms with Gasteiger partial charge in [-0.15, -0.1) is 0 Å². The topological polar surface area (TPSA) is 118 Å². The Morgan fingerprint density at radius 1 is 1.07 bits per heavy atom. The van der Waals surface area contributed by atoms with Crippen LogP contribution in [0.3, 0.4) is 0 Å². The minimum atomic E-state index is -3.34. The van der Waals surface area contributed by atoms with E-state index in [0.717, 1.165) is 5.56 Å². The van der Waals surface area contributed by atoms with Crippen molar-refractivity contribution in [3.05, 3.63) is 66.7 Å². The Hall–Kier alpha value is -3.59. The number of fused-ring (bicyclic) bond motifs is 1. The number of sulfone groups is 1. The number of amides is 1. The van der Waals surface area contributed by atoms with Crippen molar-refractivity contribution in [2.24, 2.45) is 0 Å². The highest BCUT2D eigenvalue weighted by Gasteiger charge is 2.19. The monoisotopic (exact) mass is 421 g/mol. The fourth-order valence-corrected chi connectivity index (χ4v) is 3.97. The number of aromatic nitrogens is 4. The molecule has 0 bridgehead atoms. The first kappa shape index (κ1) is 19.7. The summed E-state index contributed by atoms with van der Waals surface area (Å²) in [5.41, 5.74) is 3.30. The van der Waals surface area contributed by atoms with Crippen molar-refractivity contribution >= 4 is 32.6 Å². The molecule has 0 aliphatic carbocycles. The van der Waals surface area contributed by atoms with Crippen LogP contribution in [0.5, 0.6) is 0 Å². The molecule has 0 spiro atoms. The predicted molar refractivity (Wildman–Crippen MR) is 114 cm³/mol. The molecule has 4 aromatic rings. The van der Waals surface area contributed by atoms with Gasteiger partial charge in [0.05, 0.1) is 27.7 Å². The largest absolute Gasteiger partial charge is 0.343 e. The van der Waals surface area contributed by atoms with Crippen LogP contribution in [0.2, 0.25) is 0 Å². The average molecular weight is 421 g/mol. The Morgan fingerprint density at radius 2 is 1.77 bits per heavy atom. The molecule has 2 N–H and O–H groups in total. The molecular formula is C21H19N5O3S. The van der Waals surface area contributed by atoms with Gasteiger partial charge in [0, 0.05) is 29.7 Å². The summed E-state index contributed by atoms with van der Waals surface area (Å²) < 4.78 is 24.6. The van der Waals surface area contributed by atoms with Crippen LogP contribution in [0.25, 0.3) is 22.4 Å². The van der Waals surface area contributed by atoms with Crippen LogP contribution in [0.4, 0.5) is 5.69 Å². The first-order chi connectivity index (χ1) is 14.4. The number of nitrogens with one attached hydrogen (secondary N) is 2. The Kier molecular flexibility index (Phi) is 5.04. The summed E-state index contributed by atoms with van der Waals surface area (Å²) in [6.45, 7) is 3.30. The van der Waals surface area contributed by atoms with E-state index >= 15 is 0 Å². The lowest BCUT2D eigenvalue weighted by atomic mass is 10.1. The van der Waals surface area contributed by atoms with Crippen LogP contribution < -0.4 is 5.32 Å².